The summed E-state index contributed by atoms with van der Waals surface area (Å²) in [6, 6.07) is 5.65. The zero-order valence-electron chi connectivity index (χ0n) is 16.5. The summed E-state index contributed by atoms with van der Waals surface area (Å²) >= 11 is 0. The number of fused-ring (bicyclic) bond motifs is 3. The van der Waals surface area contributed by atoms with Gasteiger partial charge in [-0.2, -0.15) is 0 Å². The summed E-state index contributed by atoms with van der Waals surface area (Å²) in [5.74, 6) is 0.894. The predicted octanol–water partition coefficient (Wildman–Crippen LogP) is 3.46. The Morgan fingerprint density at radius 3 is 2.75 bits per heavy atom. The van der Waals surface area contributed by atoms with E-state index in [2.05, 4.69) is 10.3 Å². The van der Waals surface area contributed by atoms with E-state index in [1.54, 1.807) is 24.0 Å². The van der Waals surface area contributed by atoms with Crippen molar-refractivity contribution >= 4 is 27.8 Å². The average molecular weight is 383 g/mol. The lowest BCUT2D eigenvalue weighted by molar-refractivity contribution is 0.185. The van der Waals surface area contributed by atoms with Crippen molar-refractivity contribution in [1.82, 2.24) is 14.9 Å². The van der Waals surface area contributed by atoms with Crippen molar-refractivity contribution in [2.24, 2.45) is 13.0 Å². The number of amides is 1. The van der Waals surface area contributed by atoms with Gasteiger partial charge in [0.1, 0.15) is 5.75 Å². The molecular formula is C21H25N3O4. The molecule has 3 aromatic rings. The Balaban J connectivity index is 1.88. The number of hydrogen-bond donors (Lipinski definition) is 2. The van der Waals surface area contributed by atoms with Gasteiger partial charge in [0.25, 0.3) is 5.56 Å². The summed E-state index contributed by atoms with van der Waals surface area (Å²) < 4.78 is 7.64. The molecule has 0 fully saturated rings. The number of ether oxygens (including phenoxy) is 1. The second-order valence-electron chi connectivity index (χ2n) is 7.42. The van der Waals surface area contributed by atoms with Gasteiger partial charge < -0.3 is 19.7 Å². The molecule has 0 aliphatic heterocycles. The molecule has 7 nitrogen and oxygen atoms in total. The third-order valence-corrected chi connectivity index (χ3v) is 4.95. The number of pyridine rings is 2. The first-order valence-electron chi connectivity index (χ1n) is 9.27. The van der Waals surface area contributed by atoms with Gasteiger partial charge in [-0.3, -0.25) is 9.78 Å². The molecule has 0 radical (unpaired) electrons. The Morgan fingerprint density at radius 1 is 1.29 bits per heavy atom. The molecule has 0 saturated carbocycles. The zero-order chi connectivity index (χ0) is 20.4. The van der Waals surface area contributed by atoms with Crippen molar-refractivity contribution in [2.45, 2.75) is 33.2 Å². The van der Waals surface area contributed by atoms with Crippen LogP contribution < -0.4 is 15.6 Å². The van der Waals surface area contributed by atoms with Gasteiger partial charge in [-0.15, -0.1) is 0 Å². The normalized spacial score (nSPS) is 13.4. The Hall–Kier alpha value is -3.09. The SMILES string of the molecule is Cc1cc2c3ccncc3c(=O)n(C)c2cc1OCC(C)CC(C)NC(=O)O. The largest absolute Gasteiger partial charge is 0.493 e. The molecule has 0 spiro atoms. The Kier molecular flexibility index (Phi) is 5.53. The fourth-order valence-corrected chi connectivity index (χ4v) is 3.59. The van der Waals surface area contributed by atoms with Crippen molar-refractivity contribution in [3.05, 3.63) is 46.5 Å². The van der Waals surface area contributed by atoms with Crippen LogP contribution in [0.25, 0.3) is 21.7 Å². The molecule has 28 heavy (non-hydrogen) atoms. The standard InChI is InChI=1S/C21H25N3O4/c1-12(7-14(3)23-21(26)27)11-28-19-9-18-16(8-13(19)2)15-5-6-22-10-17(15)20(25)24(18)4/h5-6,8-10,12,14,23H,7,11H2,1-4H3,(H,26,27). The minimum absolute atomic E-state index is 0.0904. The summed E-state index contributed by atoms with van der Waals surface area (Å²) in [6.07, 6.45) is 2.95. The number of aromatic nitrogens is 2. The summed E-state index contributed by atoms with van der Waals surface area (Å²) in [7, 11) is 1.75. The van der Waals surface area contributed by atoms with Crippen molar-refractivity contribution in [2.75, 3.05) is 6.61 Å². The van der Waals surface area contributed by atoms with Gasteiger partial charge in [0.2, 0.25) is 0 Å². The second-order valence-corrected chi connectivity index (χ2v) is 7.42. The molecule has 0 aliphatic rings. The molecule has 2 heterocycles. The van der Waals surface area contributed by atoms with Gasteiger partial charge in [0.05, 0.1) is 17.5 Å². The smallest absolute Gasteiger partial charge is 0.404 e. The summed E-state index contributed by atoms with van der Waals surface area (Å²) in [4.78, 5) is 27.4. The number of rotatable bonds is 6. The van der Waals surface area contributed by atoms with E-state index >= 15 is 0 Å². The molecule has 0 saturated heterocycles. The number of nitrogens with zero attached hydrogens (tertiary/aromatic N) is 2. The Morgan fingerprint density at radius 2 is 2.04 bits per heavy atom. The molecule has 0 aliphatic carbocycles. The van der Waals surface area contributed by atoms with Crippen LogP contribution in [0.3, 0.4) is 0 Å². The van der Waals surface area contributed by atoms with Crippen LogP contribution >= 0.6 is 0 Å². The van der Waals surface area contributed by atoms with Crippen LogP contribution in [0.1, 0.15) is 25.8 Å². The number of nitrogens with one attached hydrogen (secondary N) is 1. The Bertz CT molecular complexity index is 1090. The maximum atomic E-state index is 12.6. The third kappa shape index (κ3) is 3.93. The molecule has 1 amide bonds. The van der Waals surface area contributed by atoms with Crippen LogP contribution in [-0.2, 0) is 7.05 Å². The molecule has 7 heteroatoms. The van der Waals surface area contributed by atoms with Crippen LogP contribution in [0.5, 0.6) is 5.75 Å². The van der Waals surface area contributed by atoms with E-state index < -0.39 is 6.09 Å². The highest BCUT2D eigenvalue weighted by atomic mass is 16.5. The van der Waals surface area contributed by atoms with E-state index in [4.69, 9.17) is 9.84 Å². The van der Waals surface area contributed by atoms with Gasteiger partial charge in [0, 0.05) is 36.9 Å². The predicted molar refractivity (Wildman–Crippen MR) is 109 cm³/mol. The molecular weight excluding hydrogens is 358 g/mol. The fourth-order valence-electron chi connectivity index (χ4n) is 3.59. The van der Waals surface area contributed by atoms with E-state index in [1.165, 1.54) is 0 Å². The van der Waals surface area contributed by atoms with Gasteiger partial charge in [-0.1, -0.05) is 6.92 Å². The summed E-state index contributed by atoms with van der Waals surface area (Å²) in [6.45, 7) is 6.30. The quantitative estimate of drug-likeness (QED) is 0.636. The zero-order valence-corrected chi connectivity index (χ0v) is 16.5. The van der Waals surface area contributed by atoms with Gasteiger partial charge in [-0.05, 0) is 49.3 Å². The molecule has 148 valence electrons. The molecule has 2 N–H and O–H groups in total. The van der Waals surface area contributed by atoms with E-state index in [0.717, 1.165) is 27.6 Å². The lowest BCUT2D eigenvalue weighted by atomic mass is 10.0. The number of carbonyl (C=O) groups is 1. The molecule has 2 unspecified atom stereocenters. The maximum Gasteiger partial charge on any atom is 0.404 e. The topological polar surface area (TPSA) is 93.5 Å². The van der Waals surface area contributed by atoms with Crippen LogP contribution in [0.4, 0.5) is 4.79 Å². The number of hydrogen-bond acceptors (Lipinski definition) is 4. The van der Waals surface area contributed by atoms with Crippen molar-refractivity contribution < 1.29 is 14.6 Å². The van der Waals surface area contributed by atoms with Gasteiger partial charge in [-0.25, -0.2) is 4.79 Å². The highest BCUT2D eigenvalue weighted by Gasteiger charge is 2.14. The minimum atomic E-state index is -1.02. The highest BCUT2D eigenvalue weighted by molar-refractivity contribution is 6.05. The molecule has 0 bridgehead atoms. The average Bonchev–Trinajstić information content (AvgIpc) is 2.64. The first kappa shape index (κ1) is 19.7. The molecule has 1 aromatic carbocycles. The lowest BCUT2D eigenvalue weighted by Gasteiger charge is -2.19. The van der Waals surface area contributed by atoms with Gasteiger partial charge >= 0.3 is 6.09 Å². The van der Waals surface area contributed by atoms with Gasteiger partial charge in [0.15, 0.2) is 0 Å². The highest BCUT2D eigenvalue weighted by Crippen LogP contribution is 2.29. The first-order valence-corrected chi connectivity index (χ1v) is 9.27. The number of benzene rings is 1. The number of aryl methyl sites for hydroxylation is 2. The van der Waals surface area contributed by atoms with Crippen LogP contribution in [0.2, 0.25) is 0 Å². The number of carboxylic acid groups (broad SMARTS) is 1. The molecule has 2 atom stereocenters. The first-order chi connectivity index (χ1) is 13.3. The van der Waals surface area contributed by atoms with Crippen LogP contribution in [0.15, 0.2) is 35.4 Å². The minimum Gasteiger partial charge on any atom is -0.493 e. The van der Waals surface area contributed by atoms with E-state index in [-0.39, 0.29) is 17.5 Å². The third-order valence-electron chi connectivity index (χ3n) is 4.95. The van der Waals surface area contributed by atoms with Crippen LogP contribution in [-0.4, -0.2) is 33.4 Å². The van der Waals surface area contributed by atoms with Crippen molar-refractivity contribution in [3.8, 4) is 5.75 Å². The van der Waals surface area contributed by atoms with E-state index in [9.17, 15) is 9.59 Å². The van der Waals surface area contributed by atoms with Crippen LogP contribution in [0, 0.1) is 12.8 Å². The van der Waals surface area contributed by atoms with Crippen molar-refractivity contribution in [1.29, 1.82) is 0 Å². The maximum absolute atomic E-state index is 12.6. The lowest BCUT2D eigenvalue weighted by Crippen LogP contribution is -2.33. The van der Waals surface area contributed by atoms with Crippen molar-refractivity contribution in [3.63, 3.8) is 0 Å². The fraction of sp³-hybridized carbons (Fsp3) is 0.381. The second kappa shape index (κ2) is 7.88. The Labute approximate surface area is 163 Å². The monoisotopic (exact) mass is 383 g/mol. The van der Waals surface area contributed by atoms with E-state index in [0.29, 0.717) is 18.4 Å². The summed E-state index contributed by atoms with van der Waals surface area (Å²) in [5, 5.41) is 13.7. The van der Waals surface area contributed by atoms with E-state index in [1.807, 2.05) is 39.0 Å². The molecule has 3 rings (SSSR count). The summed E-state index contributed by atoms with van der Waals surface area (Å²) in [5.41, 5.74) is 1.69. The molecule has 2 aromatic heterocycles.